The van der Waals surface area contributed by atoms with Crippen molar-refractivity contribution in [3.8, 4) is 0 Å². The quantitative estimate of drug-likeness (QED) is 0.241. The number of hydrogen-bond donors (Lipinski definition) is 3. The molecule has 1 fully saturated rings. The van der Waals surface area contributed by atoms with Gasteiger partial charge in [-0.3, -0.25) is 0 Å². The number of thioether (sulfide) groups is 1. The third-order valence-electron chi connectivity index (χ3n) is 3.49. The van der Waals surface area contributed by atoms with E-state index in [9.17, 15) is 4.39 Å². The van der Waals surface area contributed by atoms with Crippen LogP contribution in [0.3, 0.4) is 0 Å². The van der Waals surface area contributed by atoms with Crippen molar-refractivity contribution in [3.05, 3.63) is 35.1 Å². The van der Waals surface area contributed by atoms with Crippen LogP contribution >= 0.6 is 11.8 Å². The van der Waals surface area contributed by atoms with Gasteiger partial charge in [-0.05, 0) is 6.07 Å². The highest BCUT2D eigenvalue weighted by Gasteiger charge is 2.12. The maximum atomic E-state index is 14.2. The molecule has 1 aromatic carbocycles. The monoisotopic (exact) mass is 312 g/mol. The summed E-state index contributed by atoms with van der Waals surface area (Å²) in [5, 5.41) is 14.7. The molecule has 1 saturated heterocycles. The van der Waals surface area contributed by atoms with E-state index in [1.54, 1.807) is 12.1 Å². The zero-order chi connectivity index (χ0) is 15.1. The second-order valence-electron chi connectivity index (χ2n) is 4.89. The third-order valence-corrected chi connectivity index (χ3v) is 4.43. The van der Waals surface area contributed by atoms with Gasteiger partial charge in [-0.1, -0.05) is 17.3 Å². The lowest BCUT2D eigenvalue weighted by atomic mass is 10.1. The number of nitrogens with zero attached hydrogens (tertiary/aromatic N) is 2. The molecule has 1 aliphatic rings. The number of benzene rings is 1. The summed E-state index contributed by atoms with van der Waals surface area (Å²) < 4.78 is 14.2. The molecule has 0 aliphatic carbocycles. The number of rotatable bonds is 6. The minimum absolute atomic E-state index is 0.129. The summed E-state index contributed by atoms with van der Waals surface area (Å²) >= 11 is 1.99. The first-order valence-electron chi connectivity index (χ1n) is 6.98. The van der Waals surface area contributed by atoms with Crippen LogP contribution in [0.15, 0.2) is 23.4 Å². The van der Waals surface area contributed by atoms with Crippen LogP contribution in [0.5, 0.6) is 0 Å². The average molecular weight is 312 g/mol. The second kappa shape index (κ2) is 8.21. The first kappa shape index (κ1) is 16.1. The summed E-state index contributed by atoms with van der Waals surface area (Å²) in [6.07, 6.45) is 0. The smallest absolute Gasteiger partial charge is 0.173 e. The van der Waals surface area contributed by atoms with Gasteiger partial charge in [0.05, 0.1) is 5.56 Å². The predicted molar refractivity (Wildman–Crippen MR) is 84.4 cm³/mol. The fourth-order valence-corrected chi connectivity index (χ4v) is 3.23. The van der Waals surface area contributed by atoms with Crippen LogP contribution in [0.25, 0.3) is 0 Å². The Labute approximate surface area is 128 Å². The Kier molecular flexibility index (Phi) is 6.28. The highest BCUT2D eigenvalue weighted by atomic mass is 32.2. The van der Waals surface area contributed by atoms with Crippen molar-refractivity contribution in [1.82, 2.24) is 10.2 Å². The van der Waals surface area contributed by atoms with Gasteiger partial charge in [0.2, 0.25) is 0 Å². The minimum Gasteiger partial charge on any atom is -0.409 e. The SMILES string of the molecule is N/C(=N/O)c1cccc(CNCCN2CCSCC2)c1F. The Morgan fingerprint density at radius 1 is 1.43 bits per heavy atom. The van der Waals surface area contributed by atoms with E-state index in [2.05, 4.69) is 15.4 Å². The molecule has 7 heteroatoms. The van der Waals surface area contributed by atoms with Crippen LogP contribution in [-0.2, 0) is 6.54 Å². The molecule has 0 bridgehead atoms. The Bertz CT molecular complexity index is 492. The van der Waals surface area contributed by atoms with Gasteiger partial charge in [0.15, 0.2) is 5.84 Å². The summed E-state index contributed by atoms with van der Waals surface area (Å²) in [4.78, 5) is 2.41. The van der Waals surface area contributed by atoms with Crippen LogP contribution in [0.4, 0.5) is 4.39 Å². The maximum absolute atomic E-state index is 14.2. The zero-order valence-electron chi connectivity index (χ0n) is 11.9. The molecule has 0 aromatic heterocycles. The van der Waals surface area contributed by atoms with E-state index in [4.69, 9.17) is 10.9 Å². The molecule has 4 N–H and O–H groups in total. The lowest BCUT2D eigenvalue weighted by Gasteiger charge is -2.26. The molecule has 0 unspecified atom stereocenters. The van der Waals surface area contributed by atoms with Crippen molar-refractivity contribution >= 4 is 17.6 Å². The highest BCUT2D eigenvalue weighted by molar-refractivity contribution is 7.99. The summed E-state index contributed by atoms with van der Waals surface area (Å²) in [5.41, 5.74) is 6.10. The van der Waals surface area contributed by atoms with E-state index in [1.807, 2.05) is 11.8 Å². The van der Waals surface area contributed by atoms with Gasteiger partial charge in [-0.25, -0.2) is 4.39 Å². The number of nitrogens with two attached hydrogens (primary N) is 1. The van der Waals surface area contributed by atoms with Gasteiger partial charge < -0.3 is 21.2 Å². The van der Waals surface area contributed by atoms with Gasteiger partial charge in [-0.2, -0.15) is 11.8 Å². The molecule has 0 atom stereocenters. The highest BCUT2D eigenvalue weighted by Crippen LogP contribution is 2.13. The molecule has 5 nitrogen and oxygen atoms in total. The average Bonchev–Trinajstić information content (AvgIpc) is 2.53. The predicted octanol–water partition coefficient (Wildman–Crippen LogP) is 1.06. The van der Waals surface area contributed by atoms with Gasteiger partial charge in [0, 0.05) is 49.8 Å². The first-order valence-corrected chi connectivity index (χ1v) is 8.14. The van der Waals surface area contributed by atoms with Crippen LogP contribution in [0.2, 0.25) is 0 Å². The Morgan fingerprint density at radius 2 is 2.19 bits per heavy atom. The van der Waals surface area contributed by atoms with Crippen molar-refractivity contribution in [2.45, 2.75) is 6.54 Å². The third kappa shape index (κ3) is 4.59. The van der Waals surface area contributed by atoms with Crippen LogP contribution in [0.1, 0.15) is 11.1 Å². The molecular formula is C14H21FN4OS. The minimum atomic E-state index is -0.435. The topological polar surface area (TPSA) is 73.9 Å². The maximum Gasteiger partial charge on any atom is 0.173 e. The molecule has 0 amide bonds. The number of nitrogens with one attached hydrogen (secondary N) is 1. The summed E-state index contributed by atoms with van der Waals surface area (Å²) in [7, 11) is 0. The first-order chi connectivity index (χ1) is 10.2. The molecule has 0 spiro atoms. The zero-order valence-corrected chi connectivity index (χ0v) is 12.7. The lowest BCUT2D eigenvalue weighted by molar-refractivity contribution is 0.300. The van der Waals surface area contributed by atoms with E-state index in [-0.39, 0.29) is 11.4 Å². The molecule has 1 heterocycles. The summed E-state index contributed by atoms with van der Waals surface area (Å²) in [5.74, 6) is 1.74. The molecular weight excluding hydrogens is 291 g/mol. The molecule has 0 saturated carbocycles. The van der Waals surface area contributed by atoms with Crippen molar-refractivity contribution < 1.29 is 9.60 Å². The van der Waals surface area contributed by atoms with E-state index >= 15 is 0 Å². The van der Waals surface area contributed by atoms with Crippen LogP contribution in [0, 0.1) is 5.82 Å². The van der Waals surface area contributed by atoms with E-state index < -0.39 is 5.82 Å². The van der Waals surface area contributed by atoms with E-state index in [1.165, 1.54) is 17.6 Å². The summed E-state index contributed by atoms with van der Waals surface area (Å²) in [6.45, 7) is 4.47. The fourth-order valence-electron chi connectivity index (χ4n) is 2.25. The Hall–Kier alpha value is -1.31. The second-order valence-corrected chi connectivity index (χ2v) is 6.12. The fraction of sp³-hybridized carbons (Fsp3) is 0.500. The molecule has 116 valence electrons. The van der Waals surface area contributed by atoms with Gasteiger partial charge in [0.1, 0.15) is 5.82 Å². The number of hydrogen-bond acceptors (Lipinski definition) is 5. The molecule has 2 rings (SSSR count). The van der Waals surface area contributed by atoms with Crippen molar-refractivity contribution in [1.29, 1.82) is 0 Å². The van der Waals surface area contributed by atoms with Crippen LogP contribution in [-0.4, -0.2) is 53.6 Å². The number of amidine groups is 1. The molecule has 1 aromatic rings. The van der Waals surface area contributed by atoms with Crippen LogP contribution < -0.4 is 11.1 Å². The van der Waals surface area contributed by atoms with Gasteiger partial charge in [0.25, 0.3) is 0 Å². The Morgan fingerprint density at radius 3 is 2.90 bits per heavy atom. The van der Waals surface area contributed by atoms with E-state index in [0.717, 1.165) is 26.2 Å². The van der Waals surface area contributed by atoms with Crippen molar-refractivity contribution in [3.63, 3.8) is 0 Å². The van der Waals surface area contributed by atoms with Crippen molar-refractivity contribution in [2.24, 2.45) is 10.9 Å². The van der Waals surface area contributed by atoms with Crippen molar-refractivity contribution in [2.75, 3.05) is 37.7 Å². The lowest BCUT2D eigenvalue weighted by Crippen LogP contribution is -2.37. The molecule has 1 aliphatic heterocycles. The number of oxime groups is 1. The number of halogens is 1. The van der Waals surface area contributed by atoms with Gasteiger partial charge >= 0.3 is 0 Å². The standard InChI is InChI=1S/C14H21FN4OS/c15-13-11(2-1-3-12(13)14(16)18-20)10-17-4-5-19-6-8-21-9-7-19/h1-3,17,20H,4-10H2,(H2,16,18). The largest absolute Gasteiger partial charge is 0.409 e. The normalized spacial score (nSPS) is 17.1. The van der Waals surface area contributed by atoms with Gasteiger partial charge in [-0.15, -0.1) is 0 Å². The molecule has 0 radical (unpaired) electrons. The molecule has 21 heavy (non-hydrogen) atoms. The summed E-state index contributed by atoms with van der Waals surface area (Å²) in [6, 6.07) is 4.91. The van der Waals surface area contributed by atoms with E-state index in [0.29, 0.717) is 12.1 Å². The Balaban J connectivity index is 1.83.